The van der Waals surface area contributed by atoms with Crippen molar-refractivity contribution in [2.75, 3.05) is 26.4 Å². The molecule has 0 fully saturated rings. The van der Waals surface area contributed by atoms with E-state index in [9.17, 15) is 0 Å². The molecule has 0 saturated carbocycles. The Morgan fingerprint density at radius 2 is 0.676 bits per heavy atom. The van der Waals surface area contributed by atoms with Gasteiger partial charge in [-0.15, -0.1) is 0 Å². The summed E-state index contributed by atoms with van der Waals surface area (Å²) in [4.78, 5) is 0. The van der Waals surface area contributed by atoms with E-state index >= 15 is 0 Å². The maximum absolute atomic E-state index is 5.87. The molecule has 192 valence electrons. The van der Waals surface area contributed by atoms with E-state index < -0.39 is 0 Å². The van der Waals surface area contributed by atoms with Crippen LogP contribution in [0.1, 0.15) is 22.3 Å². The second-order valence-electron chi connectivity index (χ2n) is 8.55. The zero-order valence-corrected chi connectivity index (χ0v) is 21.1. The summed E-state index contributed by atoms with van der Waals surface area (Å²) in [6.45, 7) is 4.40. The van der Waals surface area contributed by atoms with Gasteiger partial charge in [-0.2, -0.15) is 0 Å². The molecule has 0 unspecified atom stereocenters. The lowest BCUT2D eigenvalue weighted by Gasteiger charge is -2.10. The lowest BCUT2D eigenvalue weighted by molar-refractivity contribution is 0.0887. The fraction of sp³-hybridized carbons (Fsp3) is 0.250. The van der Waals surface area contributed by atoms with E-state index in [2.05, 4.69) is 24.3 Å². The highest BCUT2D eigenvalue weighted by molar-refractivity contribution is 5.28. The van der Waals surface area contributed by atoms with Crippen LogP contribution in [0.2, 0.25) is 0 Å². The first-order chi connectivity index (χ1) is 18.3. The number of hydrogen-bond acceptors (Lipinski definition) is 5. The van der Waals surface area contributed by atoms with Crippen LogP contribution in [0.3, 0.4) is 0 Å². The molecule has 0 bridgehead atoms. The third-order valence-corrected chi connectivity index (χ3v) is 5.60. The molecule has 0 amide bonds. The van der Waals surface area contributed by atoms with Crippen LogP contribution in [0.5, 0.6) is 11.5 Å². The number of ether oxygens (including phenoxy) is 5. The van der Waals surface area contributed by atoms with Crippen LogP contribution in [-0.2, 0) is 40.6 Å². The van der Waals surface area contributed by atoms with E-state index in [0.717, 1.165) is 33.8 Å². The molecule has 4 aromatic carbocycles. The summed E-state index contributed by atoms with van der Waals surface area (Å²) in [5.74, 6) is 1.65. The van der Waals surface area contributed by atoms with Gasteiger partial charge in [0.15, 0.2) is 0 Å². The largest absolute Gasteiger partial charge is 0.491 e. The topological polar surface area (TPSA) is 46.2 Å². The zero-order chi connectivity index (χ0) is 25.4. The normalized spacial score (nSPS) is 10.8. The zero-order valence-electron chi connectivity index (χ0n) is 21.1. The van der Waals surface area contributed by atoms with Crippen molar-refractivity contribution in [1.29, 1.82) is 0 Å². The second-order valence-corrected chi connectivity index (χ2v) is 8.55. The fourth-order valence-corrected chi connectivity index (χ4v) is 3.62. The quantitative estimate of drug-likeness (QED) is 0.163. The highest BCUT2D eigenvalue weighted by Gasteiger charge is 2.00. The highest BCUT2D eigenvalue weighted by Crippen LogP contribution is 2.16. The van der Waals surface area contributed by atoms with Gasteiger partial charge >= 0.3 is 0 Å². The van der Waals surface area contributed by atoms with E-state index in [1.165, 1.54) is 0 Å². The number of hydrogen-bond donors (Lipinski definition) is 0. The molecule has 37 heavy (non-hydrogen) atoms. The molecule has 5 heteroatoms. The Labute approximate surface area is 219 Å². The van der Waals surface area contributed by atoms with Gasteiger partial charge in [-0.05, 0) is 46.5 Å². The lowest BCUT2D eigenvalue weighted by Crippen LogP contribution is -2.06. The van der Waals surface area contributed by atoms with Crippen LogP contribution < -0.4 is 9.47 Å². The summed E-state index contributed by atoms with van der Waals surface area (Å²) in [6.07, 6.45) is 0. The second kappa shape index (κ2) is 15.5. The van der Waals surface area contributed by atoms with Crippen molar-refractivity contribution in [1.82, 2.24) is 0 Å². The standard InChI is InChI=1S/C32H34O5/c1-3-7-27(8-4-1)23-33-19-21-36-31-15-11-29(12-16-31)25-35-26-30-13-17-32(18-14-30)37-22-20-34-24-28-9-5-2-6-10-28/h1-18H,19-26H2. The number of rotatable bonds is 16. The van der Waals surface area contributed by atoms with Gasteiger partial charge < -0.3 is 23.7 Å². The Morgan fingerprint density at radius 3 is 1.08 bits per heavy atom. The van der Waals surface area contributed by atoms with Gasteiger partial charge in [0, 0.05) is 0 Å². The molecule has 0 saturated heterocycles. The minimum Gasteiger partial charge on any atom is -0.491 e. The van der Waals surface area contributed by atoms with Crippen molar-refractivity contribution in [3.8, 4) is 11.5 Å². The van der Waals surface area contributed by atoms with E-state index in [1.54, 1.807) is 0 Å². The third-order valence-electron chi connectivity index (χ3n) is 5.60. The molecular formula is C32H34O5. The minimum atomic E-state index is 0.517. The molecule has 0 aliphatic carbocycles. The SMILES string of the molecule is c1ccc(COCCOc2ccc(COCc3ccc(OCCOCc4ccccc4)cc3)cc2)cc1. The first kappa shape index (κ1) is 26.4. The summed E-state index contributed by atoms with van der Waals surface area (Å²) < 4.78 is 28.7. The van der Waals surface area contributed by atoms with E-state index in [1.807, 2.05) is 84.9 Å². The van der Waals surface area contributed by atoms with Crippen molar-refractivity contribution >= 4 is 0 Å². The van der Waals surface area contributed by atoms with Gasteiger partial charge in [0.25, 0.3) is 0 Å². The molecule has 0 atom stereocenters. The predicted molar refractivity (Wildman–Crippen MR) is 145 cm³/mol. The molecule has 0 aliphatic rings. The summed E-state index contributed by atoms with van der Waals surface area (Å²) in [7, 11) is 0. The van der Waals surface area contributed by atoms with Gasteiger partial charge in [-0.3, -0.25) is 0 Å². The molecule has 0 spiro atoms. The van der Waals surface area contributed by atoms with E-state index in [0.29, 0.717) is 52.9 Å². The molecule has 4 rings (SSSR count). The first-order valence-corrected chi connectivity index (χ1v) is 12.6. The molecule has 0 N–H and O–H groups in total. The van der Waals surface area contributed by atoms with Crippen LogP contribution >= 0.6 is 0 Å². The molecule has 0 radical (unpaired) electrons. The Morgan fingerprint density at radius 1 is 0.324 bits per heavy atom. The summed E-state index contributed by atoms with van der Waals surface area (Å²) in [5, 5.41) is 0. The number of benzene rings is 4. The molecule has 5 nitrogen and oxygen atoms in total. The average molecular weight is 499 g/mol. The average Bonchev–Trinajstić information content (AvgIpc) is 2.95. The van der Waals surface area contributed by atoms with Crippen molar-refractivity contribution in [2.24, 2.45) is 0 Å². The smallest absolute Gasteiger partial charge is 0.119 e. The molecule has 0 aliphatic heterocycles. The van der Waals surface area contributed by atoms with Crippen LogP contribution in [0.15, 0.2) is 109 Å². The maximum Gasteiger partial charge on any atom is 0.119 e. The molecular weight excluding hydrogens is 464 g/mol. The minimum absolute atomic E-state index is 0.517. The Hall–Kier alpha value is -3.64. The summed E-state index contributed by atoms with van der Waals surface area (Å²) in [6, 6.07) is 36.2. The Bertz CT molecular complexity index is 1040. The summed E-state index contributed by atoms with van der Waals surface area (Å²) >= 11 is 0. The lowest BCUT2D eigenvalue weighted by atomic mass is 10.2. The van der Waals surface area contributed by atoms with Crippen LogP contribution in [0.25, 0.3) is 0 Å². The Balaban J connectivity index is 1.05. The third kappa shape index (κ3) is 10.1. The highest BCUT2D eigenvalue weighted by atomic mass is 16.5. The van der Waals surface area contributed by atoms with Crippen LogP contribution in [0, 0.1) is 0 Å². The van der Waals surface area contributed by atoms with Crippen molar-refractivity contribution in [2.45, 2.75) is 26.4 Å². The van der Waals surface area contributed by atoms with E-state index in [-0.39, 0.29) is 0 Å². The molecule has 0 heterocycles. The Kier molecular flexibility index (Phi) is 11.0. The molecule has 0 aromatic heterocycles. The van der Waals surface area contributed by atoms with Gasteiger partial charge in [0.1, 0.15) is 24.7 Å². The summed E-state index contributed by atoms with van der Waals surface area (Å²) in [5.41, 5.74) is 4.53. The van der Waals surface area contributed by atoms with Crippen LogP contribution in [-0.4, -0.2) is 26.4 Å². The first-order valence-electron chi connectivity index (χ1n) is 12.6. The maximum atomic E-state index is 5.87. The van der Waals surface area contributed by atoms with E-state index in [4.69, 9.17) is 23.7 Å². The van der Waals surface area contributed by atoms with Crippen LogP contribution in [0.4, 0.5) is 0 Å². The van der Waals surface area contributed by atoms with Gasteiger partial charge in [0.05, 0.1) is 39.6 Å². The van der Waals surface area contributed by atoms with Gasteiger partial charge in [-0.1, -0.05) is 84.9 Å². The predicted octanol–water partition coefficient (Wildman–Crippen LogP) is 6.59. The van der Waals surface area contributed by atoms with Crippen molar-refractivity contribution in [3.05, 3.63) is 131 Å². The fourth-order valence-electron chi connectivity index (χ4n) is 3.62. The van der Waals surface area contributed by atoms with Crippen molar-refractivity contribution < 1.29 is 23.7 Å². The van der Waals surface area contributed by atoms with Gasteiger partial charge in [0.2, 0.25) is 0 Å². The van der Waals surface area contributed by atoms with Crippen molar-refractivity contribution in [3.63, 3.8) is 0 Å². The monoisotopic (exact) mass is 498 g/mol. The molecule has 4 aromatic rings. The van der Waals surface area contributed by atoms with Gasteiger partial charge in [-0.25, -0.2) is 0 Å².